The molecular formula is C14H23FN6O5P2S2+2. The number of hydrogen-bond acceptors (Lipinski definition) is 12. The molecule has 0 spiro atoms. The van der Waals surface area contributed by atoms with Crippen LogP contribution in [0.1, 0.15) is 5.82 Å². The Morgan fingerprint density at radius 2 is 2.43 bits per heavy atom. The number of nitrogens with two attached hydrogens (primary N) is 1. The predicted molar refractivity (Wildman–Crippen MR) is 119 cm³/mol. The van der Waals surface area contributed by atoms with Crippen molar-refractivity contribution in [3.05, 3.63) is 18.3 Å². The molecule has 1 saturated heterocycles. The molecule has 166 valence electrons. The van der Waals surface area contributed by atoms with Crippen LogP contribution in [0.3, 0.4) is 0 Å². The Hall–Kier alpha value is -0.500. The SMILES string of the molecule is COC=[P+](S)OCCn1c(C[P+](N)(O)SNOC2COCC2F)nc2cncnc21. The first kappa shape index (κ1) is 24.1. The van der Waals surface area contributed by atoms with Crippen molar-refractivity contribution in [1.82, 2.24) is 24.4 Å². The van der Waals surface area contributed by atoms with Gasteiger partial charge in [-0.25, -0.2) is 24.2 Å². The maximum atomic E-state index is 13.5. The molecule has 0 aliphatic carbocycles. The normalized spacial score (nSPS) is 22.0. The van der Waals surface area contributed by atoms with E-state index in [0.717, 1.165) is 11.6 Å². The molecule has 4 N–H and O–H groups in total. The topological polar surface area (TPSA) is 139 Å². The smallest absolute Gasteiger partial charge is 0.351 e. The van der Waals surface area contributed by atoms with E-state index in [-0.39, 0.29) is 19.4 Å². The number of fused-ring (bicyclic) bond motifs is 1. The molecular weight excluding hydrogens is 477 g/mol. The van der Waals surface area contributed by atoms with Crippen molar-refractivity contribution in [3.63, 3.8) is 0 Å². The van der Waals surface area contributed by atoms with Gasteiger partial charge < -0.3 is 14.0 Å². The molecule has 3 rings (SSSR count). The van der Waals surface area contributed by atoms with Gasteiger partial charge in [-0.2, -0.15) is 10.0 Å². The molecule has 0 saturated carbocycles. The van der Waals surface area contributed by atoms with Gasteiger partial charge >= 0.3 is 6.97 Å². The number of methoxy groups -OCH3 is 1. The van der Waals surface area contributed by atoms with Crippen LogP contribution in [0.25, 0.3) is 11.2 Å². The maximum absolute atomic E-state index is 13.5. The summed E-state index contributed by atoms with van der Waals surface area (Å²) in [7, 11) is 1.53. The highest BCUT2D eigenvalue weighted by molar-refractivity contribution is 8.58. The van der Waals surface area contributed by atoms with Crippen molar-refractivity contribution >= 4 is 54.8 Å². The van der Waals surface area contributed by atoms with Gasteiger partial charge in [0.25, 0.3) is 12.8 Å². The van der Waals surface area contributed by atoms with Crippen LogP contribution in [0, 0.1) is 0 Å². The average Bonchev–Trinajstić information content (AvgIpc) is 3.25. The Morgan fingerprint density at radius 3 is 3.17 bits per heavy atom. The first-order valence-corrected chi connectivity index (χ1v) is 14.6. The fourth-order valence-electron chi connectivity index (χ4n) is 2.63. The number of halogens is 1. The molecule has 1 fully saturated rings. The van der Waals surface area contributed by atoms with E-state index < -0.39 is 26.1 Å². The van der Waals surface area contributed by atoms with Crippen molar-refractivity contribution in [1.29, 1.82) is 0 Å². The molecule has 1 aliphatic rings. The van der Waals surface area contributed by atoms with Crippen LogP contribution < -0.4 is 10.4 Å². The van der Waals surface area contributed by atoms with Gasteiger partial charge in [-0.05, 0) is 0 Å². The Labute approximate surface area is 183 Å². The number of nitrogens with one attached hydrogen (secondary N) is 1. The molecule has 1 aliphatic heterocycles. The second-order valence-corrected chi connectivity index (χ2v) is 13.1. The van der Waals surface area contributed by atoms with Crippen LogP contribution in [-0.4, -0.2) is 69.6 Å². The van der Waals surface area contributed by atoms with Gasteiger partial charge in [0.05, 0.1) is 26.0 Å². The van der Waals surface area contributed by atoms with Gasteiger partial charge in [0.2, 0.25) is 0 Å². The molecule has 0 amide bonds. The fourth-order valence-corrected chi connectivity index (χ4v) is 5.73. The summed E-state index contributed by atoms with van der Waals surface area (Å²) in [6.45, 7) is -3.33. The summed E-state index contributed by atoms with van der Waals surface area (Å²) in [5, 5.41) is 0. The minimum Gasteiger partial charge on any atom is -0.375 e. The van der Waals surface area contributed by atoms with Gasteiger partial charge in [-0.1, -0.05) is 0 Å². The highest BCUT2D eigenvalue weighted by atomic mass is 32.7. The summed E-state index contributed by atoms with van der Waals surface area (Å²) in [6, 6.07) is 0. The summed E-state index contributed by atoms with van der Waals surface area (Å²) in [5.41, 5.74) is 7.25. The highest BCUT2D eigenvalue weighted by Crippen LogP contribution is 2.60. The van der Waals surface area contributed by atoms with Gasteiger partial charge in [0.1, 0.15) is 36.8 Å². The van der Waals surface area contributed by atoms with Crippen LogP contribution >= 0.6 is 37.6 Å². The van der Waals surface area contributed by atoms with Gasteiger partial charge in [-0.3, -0.25) is 4.84 Å². The second kappa shape index (κ2) is 11.4. The monoisotopic (exact) mass is 500 g/mol. The van der Waals surface area contributed by atoms with Crippen molar-refractivity contribution in [2.24, 2.45) is 5.50 Å². The summed E-state index contributed by atoms with van der Waals surface area (Å²) < 4.78 is 30.8. The number of imidazole rings is 1. The van der Waals surface area contributed by atoms with E-state index in [1.165, 1.54) is 19.4 Å². The van der Waals surface area contributed by atoms with Crippen molar-refractivity contribution in [2.45, 2.75) is 25.0 Å². The summed E-state index contributed by atoms with van der Waals surface area (Å²) in [4.78, 5) is 31.1. The predicted octanol–water partition coefficient (Wildman–Crippen LogP) is 1.61. The standard InChI is InChI=1S/C14H23FN6O5P2S2/c1-23-9-27(29)25-3-2-21-13(19-11-4-17-8-18-14(11)21)7-28(16,22)30-20-26-12-6-24-5-10(12)15/h4,8-10,12,20,22,29H,2-3,5-7,16H2,1H3/q+2. The number of nitrogens with zero attached hydrogens (tertiary/aromatic N) is 4. The lowest BCUT2D eigenvalue weighted by atomic mass is 10.3. The number of ether oxygens (including phenoxy) is 2. The largest absolute Gasteiger partial charge is 0.375 e. The molecule has 3 heterocycles. The molecule has 2 aromatic rings. The lowest BCUT2D eigenvalue weighted by Crippen LogP contribution is -2.28. The first-order chi connectivity index (χ1) is 14.4. The van der Waals surface area contributed by atoms with Crippen molar-refractivity contribution < 1.29 is 28.1 Å². The molecule has 4 unspecified atom stereocenters. The number of hydrogen-bond donors (Lipinski definition) is 4. The van der Waals surface area contributed by atoms with Crippen LogP contribution in [0.5, 0.6) is 0 Å². The zero-order chi connectivity index (χ0) is 21.6. The molecule has 0 radical (unpaired) electrons. The average molecular weight is 500 g/mol. The Balaban J connectivity index is 1.65. The van der Waals surface area contributed by atoms with E-state index in [4.69, 9.17) is 24.3 Å². The zero-order valence-electron chi connectivity index (χ0n) is 16.0. The summed E-state index contributed by atoms with van der Waals surface area (Å²) in [5.74, 6) is 2.03. The number of aromatic nitrogens is 4. The van der Waals surface area contributed by atoms with Crippen LogP contribution in [0.15, 0.2) is 12.5 Å². The molecule has 0 aromatic carbocycles. The van der Waals surface area contributed by atoms with E-state index in [1.54, 1.807) is 6.20 Å². The lowest BCUT2D eigenvalue weighted by molar-refractivity contribution is -0.00784. The van der Waals surface area contributed by atoms with Gasteiger partial charge in [0.15, 0.2) is 35.4 Å². The van der Waals surface area contributed by atoms with Crippen LogP contribution in [-0.2, 0) is 31.5 Å². The first-order valence-electron chi connectivity index (χ1n) is 8.72. The fraction of sp³-hybridized carbons (Fsp3) is 0.571. The molecule has 16 heteroatoms. The molecule has 11 nitrogen and oxygen atoms in total. The van der Waals surface area contributed by atoms with E-state index in [9.17, 15) is 9.28 Å². The minimum atomic E-state index is -3.08. The van der Waals surface area contributed by atoms with Crippen LogP contribution in [0.2, 0.25) is 0 Å². The van der Waals surface area contributed by atoms with E-state index in [0.29, 0.717) is 30.1 Å². The molecule has 0 bridgehead atoms. The lowest BCUT2D eigenvalue weighted by Gasteiger charge is -2.15. The third-order valence-corrected chi connectivity index (χ3v) is 8.20. The third-order valence-electron chi connectivity index (χ3n) is 3.95. The Kier molecular flexibility index (Phi) is 9.17. The van der Waals surface area contributed by atoms with Crippen molar-refractivity contribution in [3.8, 4) is 0 Å². The van der Waals surface area contributed by atoms with Crippen molar-refractivity contribution in [2.75, 3.05) is 26.9 Å². The van der Waals surface area contributed by atoms with E-state index in [2.05, 4.69) is 32.1 Å². The number of rotatable bonds is 11. The second-order valence-electron chi connectivity index (χ2n) is 6.19. The zero-order valence-corrected chi connectivity index (χ0v) is 19.5. The summed E-state index contributed by atoms with van der Waals surface area (Å²) >= 11 is 5.10. The molecule has 4 atom stereocenters. The van der Waals surface area contributed by atoms with E-state index >= 15 is 0 Å². The number of alkyl halides is 1. The van der Waals surface area contributed by atoms with E-state index in [1.807, 2.05) is 4.57 Å². The Bertz CT molecular complexity index is 878. The third kappa shape index (κ3) is 6.75. The Morgan fingerprint density at radius 1 is 1.60 bits per heavy atom. The maximum Gasteiger partial charge on any atom is 0.351 e. The summed E-state index contributed by atoms with van der Waals surface area (Å²) in [6.07, 6.45) is 1.09. The number of thiol groups is 1. The molecule has 2 aromatic heterocycles. The van der Waals surface area contributed by atoms with Gasteiger partial charge in [0, 0.05) is 7.11 Å². The van der Waals surface area contributed by atoms with Crippen LogP contribution in [0.4, 0.5) is 4.39 Å². The minimum absolute atomic E-state index is 0.0111. The molecule has 30 heavy (non-hydrogen) atoms. The quantitative estimate of drug-likeness (QED) is 0.155. The highest BCUT2D eigenvalue weighted by Gasteiger charge is 2.38. The van der Waals surface area contributed by atoms with Gasteiger partial charge in [-0.15, -0.1) is 4.89 Å².